The number of hydrogen-bond acceptors (Lipinski definition) is 2. The van der Waals surface area contributed by atoms with Crippen molar-refractivity contribution < 1.29 is 4.39 Å². The fourth-order valence-corrected chi connectivity index (χ4v) is 3.88. The third kappa shape index (κ3) is 3.23. The van der Waals surface area contributed by atoms with E-state index in [4.69, 9.17) is 5.73 Å². The van der Waals surface area contributed by atoms with Crippen molar-refractivity contribution in [3.8, 4) is 0 Å². The SMILES string of the molecule is CCN(C(C)c1ccc(F)c(Br)c1)C1CCCC1CN. The molecular formula is C16H24BrFN2. The molecule has 3 atom stereocenters. The van der Waals surface area contributed by atoms with Gasteiger partial charge < -0.3 is 5.73 Å². The van der Waals surface area contributed by atoms with Gasteiger partial charge in [0.15, 0.2) is 0 Å². The number of benzene rings is 1. The highest BCUT2D eigenvalue weighted by molar-refractivity contribution is 9.10. The lowest BCUT2D eigenvalue weighted by molar-refractivity contribution is 0.123. The summed E-state index contributed by atoms with van der Waals surface area (Å²) in [6, 6.07) is 6.17. The van der Waals surface area contributed by atoms with Crippen molar-refractivity contribution in [3.05, 3.63) is 34.1 Å². The van der Waals surface area contributed by atoms with Gasteiger partial charge >= 0.3 is 0 Å². The van der Waals surface area contributed by atoms with Gasteiger partial charge in [-0.3, -0.25) is 4.90 Å². The van der Waals surface area contributed by atoms with E-state index in [1.165, 1.54) is 19.3 Å². The van der Waals surface area contributed by atoms with Crippen LogP contribution in [-0.4, -0.2) is 24.0 Å². The Labute approximate surface area is 129 Å². The van der Waals surface area contributed by atoms with Gasteiger partial charge in [0.1, 0.15) is 5.82 Å². The second-order valence-corrected chi connectivity index (χ2v) is 6.53. The van der Waals surface area contributed by atoms with Crippen molar-refractivity contribution in [2.45, 2.75) is 45.2 Å². The fraction of sp³-hybridized carbons (Fsp3) is 0.625. The van der Waals surface area contributed by atoms with Crippen LogP contribution in [0.15, 0.2) is 22.7 Å². The van der Waals surface area contributed by atoms with E-state index in [-0.39, 0.29) is 11.9 Å². The summed E-state index contributed by atoms with van der Waals surface area (Å²) in [5.74, 6) is 0.394. The summed E-state index contributed by atoms with van der Waals surface area (Å²) in [7, 11) is 0. The van der Waals surface area contributed by atoms with Gasteiger partial charge in [0.25, 0.3) is 0 Å². The Bertz CT molecular complexity index is 452. The first-order valence-corrected chi connectivity index (χ1v) is 8.28. The largest absolute Gasteiger partial charge is 0.330 e. The molecule has 0 heterocycles. The summed E-state index contributed by atoms with van der Waals surface area (Å²) in [6.07, 6.45) is 3.72. The van der Waals surface area contributed by atoms with Crippen LogP contribution >= 0.6 is 15.9 Å². The van der Waals surface area contributed by atoms with Crippen LogP contribution in [0.3, 0.4) is 0 Å². The van der Waals surface area contributed by atoms with E-state index < -0.39 is 0 Å². The molecule has 1 saturated carbocycles. The van der Waals surface area contributed by atoms with Crippen molar-refractivity contribution in [2.24, 2.45) is 11.7 Å². The summed E-state index contributed by atoms with van der Waals surface area (Å²) in [6.45, 7) is 6.16. The second-order valence-electron chi connectivity index (χ2n) is 5.67. The molecule has 0 amide bonds. The molecule has 2 N–H and O–H groups in total. The van der Waals surface area contributed by atoms with Crippen LogP contribution in [0.2, 0.25) is 0 Å². The number of nitrogens with zero attached hydrogens (tertiary/aromatic N) is 1. The zero-order valence-corrected chi connectivity index (χ0v) is 13.9. The highest BCUT2D eigenvalue weighted by Gasteiger charge is 2.33. The minimum atomic E-state index is -0.204. The van der Waals surface area contributed by atoms with E-state index in [1.807, 2.05) is 12.1 Å². The standard InChI is InChI=1S/C16H24BrFN2/c1-3-20(16-6-4-5-13(16)10-19)11(2)12-7-8-15(18)14(17)9-12/h7-9,11,13,16H,3-6,10,19H2,1-2H3. The molecule has 3 unspecified atom stereocenters. The molecule has 1 fully saturated rings. The zero-order valence-electron chi connectivity index (χ0n) is 12.3. The normalized spacial score (nSPS) is 24.3. The first-order valence-electron chi connectivity index (χ1n) is 7.49. The molecule has 112 valence electrons. The molecule has 4 heteroatoms. The van der Waals surface area contributed by atoms with E-state index in [9.17, 15) is 4.39 Å². The van der Waals surface area contributed by atoms with Gasteiger partial charge in [-0.05, 0) is 72.4 Å². The lowest BCUT2D eigenvalue weighted by Crippen LogP contribution is -2.41. The Morgan fingerprint density at radius 2 is 2.20 bits per heavy atom. The molecule has 1 aromatic carbocycles. The van der Waals surface area contributed by atoms with E-state index in [0.29, 0.717) is 16.4 Å². The molecule has 2 rings (SSSR count). The molecule has 1 aliphatic rings. The van der Waals surface area contributed by atoms with Crippen LogP contribution in [0.25, 0.3) is 0 Å². The van der Waals surface area contributed by atoms with Crippen LogP contribution in [0.1, 0.15) is 44.7 Å². The van der Waals surface area contributed by atoms with Crippen molar-refractivity contribution in [1.82, 2.24) is 4.90 Å². The van der Waals surface area contributed by atoms with Crippen molar-refractivity contribution in [3.63, 3.8) is 0 Å². The van der Waals surface area contributed by atoms with Gasteiger partial charge in [-0.15, -0.1) is 0 Å². The summed E-state index contributed by atoms with van der Waals surface area (Å²) in [4.78, 5) is 2.52. The first kappa shape index (κ1) is 15.9. The van der Waals surface area contributed by atoms with Gasteiger partial charge in [0.2, 0.25) is 0 Å². The van der Waals surface area contributed by atoms with Gasteiger partial charge in [-0.25, -0.2) is 4.39 Å². The number of nitrogens with two attached hydrogens (primary N) is 1. The Morgan fingerprint density at radius 3 is 2.80 bits per heavy atom. The Morgan fingerprint density at radius 1 is 1.45 bits per heavy atom. The highest BCUT2D eigenvalue weighted by Crippen LogP contribution is 2.35. The minimum Gasteiger partial charge on any atom is -0.330 e. The smallest absolute Gasteiger partial charge is 0.137 e. The molecule has 0 aromatic heterocycles. The summed E-state index contributed by atoms with van der Waals surface area (Å²) in [5, 5.41) is 0. The average Bonchev–Trinajstić information content (AvgIpc) is 2.91. The molecule has 1 aliphatic carbocycles. The summed E-state index contributed by atoms with van der Waals surface area (Å²) < 4.78 is 13.9. The molecular weight excluding hydrogens is 319 g/mol. The maximum atomic E-state index is 13.4. The second kappa shape index (κ2) is 7.01. The Kier molecular flexibility index (Phi) is 5.58. The Balaban J connectivity index is 2.19. The molecule has 2 nitrogen and oxygen atoms in total. The third-order valence-corrected chi connectivity index (χ3v) is 5.24. The van der Waals surface area contributed by atoms with Gasteiger partial charge in [-0.1, -0.05) is 19.4 Å². The lowest BCUT2D eigenvalue weighted by Gasteiger charge is -2.37. The van der Waals surface area contributed by atoms with Gasteiger partial charge in [0.05, 0.1) is 4.47 Å². The topological polar surface area (TPSA) is 29.3 Å². The van der Waals surface area contributed by atoms with Crippen LogP contribution in [-0.2, 0) is 0 Å². The van der Waals surface area contributed by atoms with Gasteiger partial charge in [0, 0.05) is 12.1 Å². The average molecular weight is 343 g/mol. The molecule has 0 radical (unpaired) electrons. The summed E-state index contributed by atoms with van der Waals surface area (Å²) in [5.41, 5.74) is 7.07. The van der Waals surface area contributed by atoms with Crippen LogP contribution in [0.5, 0.6) is 0 Å². The monoisotopic (exact) mass is 342 g/mol. The molecule has 0 spiro atoms. The molecule has 0 bridgehead atoms. The maximum Gasteiger partial charge on any atom is 0.137 e. The van der Waals surface area contributed by atoms with E-state index in [1.54, 1.807) is 6.07 Å². The minimum absolute atomic E-state index is 0.204. The van der Waals surface area contributed by atoms with E-state index in [2.05, 4.69) is 34.7 Å². The molecule has 0 aliphatic heterocycles. The predicted molar refractivity (Wildman–Crippen MR) is 85.1 cm³/mol. The molecule has 1 aromatic rings. The summed E-state index contributed by atoms with van der Waals surface area (Å²) >= 11 is 3.28. The fourth-order valence-electron chi connectivity index (χ4n) is 3.49. The number of hydrogen-bond donors (Lipinski definition) is 1. The molecule has 0 saturated heterocycles. The Hall–Kier alpha value is -0.450. The van der Waals surface area contributed by atoms with E-state index >= 15 is 0 Å². The lowest BCUT2D eigenvalue weighted by atomic mass is 9.98. The van der Waals surface area contributed by atoms with Crippen LogP contribution < -0.4 is 5.73 Å². The first-order chi connectivity index (χ1) is 9.58. The maximum absolute atomic E-state index is 13.4. The molecule has 20 heavy (non-hydrogen) atoms. The quantitative estimate of drug-likeness (QED) is 0.872. The van der Waals surface area contributed by atoms with Crippen LogP contribution in [0, 0.1) is 11.7 Å². The van der Waals surface area contributed by atoms with E-state index in [0.717, 1.165) is 18.7 Å². The third-order valence-electron chi connectivity index (χ3n) is 4.64. The van der Waals surface area contributed by atoms with Crippen molar-refractivity contribution >= 4 is 15.9 Å². The number of rotatable bonds is 5. The zero-order chi connectivity index (χ0) is 14.7. The van der Waals surface area contributed by atoms with Crippen molar-refractivity contribution in [1.29, 1.82) is 0 Å². The van der Waals surface area contributed by atoms with Crippen molar-refractivity contribution in [2.75, 3.05) is 13.1 Å². The highest BCUT2D eigenvalue weighted by atomic mass is 79.9. The van der Waals surface area contributed by atoms with Gasteiger partial charge in [-0.2, -0.15) is 0 Å². The predicted octanol–water partition coefficient (Wildman–Crippen LogP) is 4.10. The van der Waals surface area contributed by atoms with Crippen LogP contribution in [0.4, 0.5) is 4.39 Å². The number of halogens is 2.